The average molecular weight is 234 g/mol. The van der Waals surface area contributed by atoms with Gasteiger partial charge in [0.25, 0.3) is 0 Å². The predicted octanol–water partition coefficient (Wildman–Crippen LogP) is 1.44. The van der Waals surface area contributed by atoms with E-state index in [4.69, 9.17) is 10.5 Å². The van der Waals surface area contributed by atoms with Gasteiger partial charge in [0.05, 0.1) is 6.04 Å². The van der Waals surface area contributed by atoms with Crippen LogP contribution in [-0.4, -0.2) is 24.6 Å². The highest BCUT2D eigenvalue weighted by Gasteiger charge is 2.31. The molecule has 1 aromatic carbocycles. The number of nitrogens with zero attached hydrogens (tertiary/aromatic N) is 1. The van der Waals surface area contributed by atoms with Gasteiger partial charge in [0, 0.05) is 11.3 Å². The maximum absolute atomic E-state index is 11.5. The number of rotatable bonds is 2. The van der Waals surface area contributed by atoms with Gasteiger partial charge in [-0.1, -0.05) is 0 Å². The highest BCUT2D eigenvalue weighted by atomic mass is 16.6. The van der Waals surface area contributed by atoms with Crippen LogP contribution in [0, 0.1) is 6.92 Å². The van der Waals surface area contributed by atoms with Crippen LogP contribution >= 0.6 is 0 Å². The van der Waals surface area contributed by atoms with Crippen LogP contribution in [0.2, 0.25) is 0 Å². The summed E-state index contributed by atoms with van der Waals surface area (Å²) in [5, 5.41) is 0. The first-order valence-electron chi connectivity index (χ1n) is 5.37. The molecule has 0 spiro atoms. The summed E-state index contributed by atoms with van der Waals surface area (Å²) in [7, 11) is 0. The molecule has 0 radical (unpaired) electrons. The largest absolute Gasteiger partial charge is 0.447 e. The summed E-state index contributed by atoms with van der Waals surface area (Å²) in [5.74, 6) is -0.467. The van der Waals surface area contributed by atoms with E-state index in [2.05, 4.69) is 0 Å². The Labute approximate surface area is 99.2 Å². The lowest BCUT2D eigenvalue weighted by atomic mass is 10.1. The monoisotopic (exact) mass is 234 g/mol. The Bertz CT molecular complexity index is 485. The van der Waals surface area contributed by atoms with E-state index >= 15 is 0 Å². The number of carbonyl (C=O) groups excluding carboxylic acids is 2. The van der Waals surface area contributed by atoms with E-state index in [1.54, 1.807) is 30.0 Å². The van der Waals surface area contributed by atoms with Crippen molar-refractivity contribution >= 4 is 17.7 Å². The highest BCUT2D eigenvalue weighted by Crippen LogP contribution is 2.25. The number of carbonyl (C=O) groups is 2. The standard InChI is InChI=1S/C12H14N2O3/c1-7-5-9(3-4-10(7)11(13)15)14-8(2)6-17-12(14)16/h3-5,8H,6H2,1-2H3,(H2,13,15)/t8-/m0/s1. The van der Waals surface area contributed by atoms with Crippen molar-refractivity contribution in [1.29, 1.82) is 0 Å². The van der Waals surface area contributed by atoms with Crippen molar-refractivity contribution in [2.45, 2.75) is 19.9 Å². The molecular formula is C12H14N2O3. The summed E-state index contributed by atoms with van der Waals surface area (Å²) < 4.78 is 4.95. The van der Waals surface area contributed by atoms with Crippen molar-refractivity contribution in [3.63, 3.8) is 0 Å². The number of nitrogens with two attached hydrogens (primary N) is 1. The topological polar surface area (TPSA) is 72.6 Å². The lowest BCUT2D eigenvalue weighted by molar-refractivity contribution is 0.0999. The fraction of sp³-hybridized carbons (Fsp3) is 0.333. The minimum Gasteiger partial charge on any atom is -0.447 e. The van der Waals surface area contributed by atoms with Gasteiger partial charge < -0.3 is 10.5 Å². The van der Waals surface area contributed by atoms with Crippen LogP contribution in [0.4, 0.5) is 10.5 Å². The zero-order valence-corrected chi connectivity index (χ0v) is 9.77. The number of hydrogen-bond donors (Lipinski definition) is 1. The molecule has 0 aliphatic carbocycles. The van der Waals surface area contributed by atoms with E-state index in [1.165, 1.54) is 0 Å². The molecule has 0 saturated carbocycles. The first kappa shape index (κ1) is 11.4. The number of hydrogen-bond acceptors (Lipinski definition) is 3. The first-order valence-corrected chi connectivity index (χ1v) is 5.37. The van der Waals surface area contributed by atoms with E-state index in [0.29, 0.717) is 12.2 Å². The van der Waals surface area contributed by atoms with Gasteiger partial charge in [-0.2, -0.15) is 0 Å². The molecule has 1 aliphatic heterocycles. The van der Waals surface area contributed by atoms with Crippen LogP contribution in [0.15, 0.2) is 18.2 Å². The molecule has 2 rings (SSSR count). The molecule has 1 saturated heterocycles. The second-order valence-corrected chi connectivity index (χ2v) is 4.16. The minimum atomic E-state index is -0.467. The first-order chi connectivity index (χ1) is 8.00. The molecule has 17 heavy (non-hydrogen) atoms. The Morgan fingerprint density at radius 2 is 2.24 bits per heavy atom. The Morgan fingerprint density at radius 3 is 2.71 bits per heavy atom. The summed E-state index contributed by atoms with van der Waals surface area (Å²) >= 11 is 0. The van der Waals surface area contributed by atoms with E-state index in [-0.39, 0.29) is 12.1 Å². The van der Waals surface area contributed by atoms with Gasteiger partial charge in [0.1, 0.15) is 6.61 Å². The Balaban J connectivity index is 2.38. The van der Waals surface area contributed by atoms with Crippen molar-refractivity contribution in [1.82, 2.24) is 0 Å². The summed E-state index contributed by atoms with van der Waals surface area (Å²) in [6.07, 6.45) is -0.358. The second-order valence-electron chi connectivity index (χ2n) is 4.16. The molecule has 2 N–H and O–H groups in total. The molecule has 0 unspecified atom stereocenters. The van der Waals surface area contributed by atoms with Gasteiger partial charge in [0.15, 0.2) is 0 Å². The van der Waals surface area contributed by atoms with Gasteiger partial charge in [-0.25, -0.2) is 4.79 Å². The van der Waals surface area contributed by atoms with E-state index < -0.39 is 5.91 Å². The Kier molecular flexibility index (Phi) is 2.75. The fourth-order valence-electron chi connectivity index (χ4n) is 1.95. The number of primary amides is 1. The van der Waals surface area contributed by atoms with Crippen molar-refractivity contribution in [2.24, 2.45) is 5.73 Å². The summed E-state index contributed by atoms with van der Waals surface area (Å²) in [5.41, 5.74) is 7.17. The lowest BCUT2D eigenvalue weighted by Gasteiger charge is -2.19. The lowest BCUT2D eigenvalue weighted by Crippen LogP contribution is -2.31. The molecule has 5 heteroatoms. The zero-order valence-electron chi connectivity index (χ0n) is 9.77. The average Bonchev–Trinajstić information content (AvgIpc) is 2.58. The minimum absolute atomic E-state index is 0.00123. The molecule has 2 amide bonds. The molecule has 1 aliphatic rings. The number of aryl methyl sites for hydroxylation is 1. The number of anilines is 1. The van der Waals surface area contributed by atoms with Gasteiger partial charge in [-0.15, -0.1) is 0 Å². The molecule has 1 atom stereocenters. The molecule has 90 valence electrons. The molecule has 0 bridgehead atoms. The van der Waals surface area contributed by atoms with Crippen molar-refractivity contribution < 1.29 is 14.3 Å². The predicted molar refractivity (Wildman–Crippen MR) is 63.0 cm³/mol. The normalized spacial score (nSPS) is 19.3. The summed E-state index contributed by atoms with van der Waals surface area (Å²) in [6.45, 7) is 4.08. The maximum atomic E-state index is 11.5. The van der Waals surface area contributed by atoms with E-state index in [1.807, 2.05) is 6.92 Å². The fourth-order valence-corrected chi connectivity index (χ4v) is 1.95. The van der Waals surface area contributed by atoms with Gasteiger partial charge in [-0.05, 0) is 37.6 Å². The van der Waals surface area contributed by atoms with Crippen LogP contribution in [0.25, 0.3) is 0 Å². The van der Waals surface area contributed by atoms with Crippen LogP contribution in [0.5, 0.6) is 0 Å². The third-order valence-electron chi connectivity index (χ3n) is 2.84. The molecule has 5 nitrogen and oxygen atoms in total. The quantitative estimate of drug-likeness (QED) is 0.841. The smallest absolute Gasteiger partial charge is 0.414 e. The number of benzene rings is 1. The Morgan fingerprint density at radius 1 is 1.53 bits per heavy atom. The van der Waals surface area contributed by atoms with Crippen molar-refractivity contribution in [3.05, 3.63) is 29.3 Å². The molecule has 1 aromatic rings. The molecule has 1 fully saturated rings. The maximum Gasteiger partial charge on any atom is 0.414 e. The van der Waals surface area contributed by atoms with E-state index in [0.717, 1.165) is 11.3 Å². The van der Waals surface area contributed by atoms with Crippen LogP contribution in [0.1, 0.15) is 22.8 Å². The van der Waals surface area contributed by atoms with Gasteiger partial charge in [0.2, 0.25) is 5.91 Å². The van der Waals surface area contributed by atoms with Gasteiger partial charge >= 0.3 is 6.09 Å². The zero-order chi connectivity index (χ0) is 12.6. The summed E-state index contributed by atoms with van der Waals surface area (Å²) in [6, 6.07) is 5.10. The van der Waals surface area contributed by atoms with Crippen LogP contribution < -0.4 is 10.6 Å². The van der Waals surface area contributed by atoms with Crippen LogP contribution in [0.3, 0.4) is 0 Å². The van der Waals surface area contributed by atoms with Crippen molar-refractivity contribution in [2.75, 3.05) is 11.5 Å². The highest BCUT2D eigenvalue weighted by molar-refractivity contribution is 5.96. The molecule has 0 aromatic heterocycles. The molecular weight excluding hydrogens is 220 g/mol. The van der Waals surface area contributed by atoms with Gasteiger partial charge in [-0.3, -0.25) is 9.69 Å². The van der Waals surface area contributed by atoms with Crippen molar-refractivity contribution in [3.8, 4) is 0 Å². The number of cyclic esters (lactones) is 1. The van der Waals surface area contributed by atoms with E-state index in [9.17, 15) is 9.59 Å². The van der Waals surface area contributed by atoms with Crippen LogP contribution in [-0.2, 0) is 4.74 Å². The summed E-state index contributed by atoms with van der Waals surface area (Å²) in [4.78, 5) is 24.2. The SMILES string of the molecule is Cc1cc(N2C(=O)OC[C@@H]2C)ccc1C(N)=O. The second kappa shape index (κ2) is 4.08. The number of amides is 2. The Hall–Kier alpha value is -2.04. The number of ether oxygens (including phenoxy) is 1. The third kappa shape index (κ3) is 1.95. The molecule has 1 heterocycles. The third-order valence-corrected chi connectivity index (χ3v) is 2.84.